The summed E-state index contributed by atoms with van der Waals surface area (Å²) < 4.78 is 14.6. The molecule has 3 aromatic rings. The van der Waals surface area contributed by atoms with Crippen molar-refractivity contribution in [3.63, 3.8) is 0 Å². The van der Waals surface area contributed by atoms with Gasteiger partial charge in [0.1, 0.15) is 5.82 Å². The molecule has 0 aliphatic carbocycles. The normalized spacial score (nSPS) is 10.3. The van der Waals surface area contributed by atoms with Gasteiger partial charge < -0.3 is 5.73 Å². The van der Waals surface area contributed by atoms with Crippen molar-refractivity contribution in [3.8, 4) is 11.1 Å². The zero-order chi connectivity index (χ0) is 17.8. The number of hydrogen-bond donors (Lipinski definition) is 1. The zero-order valence-electron chi connectivity index (χ0n) is 13.2. The van der Waals surface area contributed by atoms with Crippen LogP contribution in [0.1, 0.15) is 10.4 Å². The standard InChI is InChI=1S/C20H15FN2O2/c21-18-12-15(10-11-16(18)14-6-2-1-3-7-14)23(13-24)19-9-5-4-8-17(19)20(22)25/h1-13H,(H2,22,25). The maximum absolute atomic E-state index is 14.6. The monoisotopic (exact) mass is 334 g/mol. The number of anilines is 2. The number of nitrogens with two attached hydrogens (primary N) is 1. The molecule has 0 saturated carbocycles. The number of halogens is 1. The first kappa shape index (κ1) is 16.4. The Morgan fingerprint density at radius 2 is 1.64 bits per heavy atom. The highest BCUT2D eigenvalue weighted by molar-refractivity contribution is 6.03. The number of rotatable bonds is 5. The number of carbonyl (C=O) groups is 2. The summed E-state index contributed by atoms with van der Waals surface area (Å²) in [6, 6.07) is 20.0. The fourth-order valence-corrected chi connectivity index (χ4v) is 2.65. The molecule has 0 aliphatic heterocycles. The van der Waals surface area contributed by atoms with Crippen LogP contribution in [0.3, 0.4) is 0 Å². The molecule has 0 aromatic heterocycles. The highest BCUT2D eigenvalue weighted by atomic mass is 19.1. The Bertz CT molecular complexity index is 926. The van der Waals surface area contributed by atoms with Crippen molar-refractivity contribution in [3.05, 3.63) is 84.2 Å². The van der Waals surface area contributed by atoms with Crippen LogP contribution in [0.15, 0.2) is 72.8 Å². The van der Waals surface area contributed by atoms with Crippen molar-refractivity contribution in [2.75, 3.05) is 4.90 Å². The van der Waals surface area contributed by atoms with E-state index in [1.165, 1.54) is 17.0 Å². The van der Waals surface area contributed by atoms with E-state index in [-0.39, 0.29) is 5.56 Å². The molecular formula is C20H15FN2O2. The molecule has 0 saturated heterocycles. The highest BCUT2D eigenvalue weighted by Crippen LogP contribution is 2.31. The first-order chi connectivity index (χ1) is 12.1. The molecule has 124 valence electrons. The fraction of sp³-hybridized carbons (Fsp3) is 0. The number of carbonyl (C=O) groups excluding carboxylic acids is 2. The van der Waals surface area contributed by atoms with Crippen molar-refractivity contribution in [2.24, 2.45) is 5.73 Å². The predicted molar refractivity (Wildman–Crippen MR) is 95.0 cm³/mol. The van der Waals surface area contributed by atoms with Gasteiger partial charge in [0, 0.05) is 5.56 Å². The van der Waals surface area contributed by atoms with Crippen LogP contribution in [0.2, 0.25) is 0 Å². The molecule has 0 radical (unpaired) electrons. The third-order valence-corrected chi connectivity index (χ3v) is 3.85. The predicted octanol–water partition coefficient (Wildman–Crippen LogP) is 3.89. The number of amides is 2. The average molecular weight is 334 g/mol. The Kier molecular flexibility index (Phi) is 4.57. The van der Waals surface area contributed by atoms with Crippen molar-refractivity contribution < 1.29 is 14.0 Å². The van der Waals surface area contributed by atoms with Crippen LogP contribution in [0, 0.1) is 5.82 Å². The lowest BCUT2D eigenvalue weighted by Gasteiger charge is -2.20. The van der Waals surface area contributed by atoms with Gasteiger partial charge in [0.2, 0.25) is 6.41 Å². The van der Waals surface area contributed by atoms with Crippen LogP contribution >= 0.6 is 0 Å². The van der Waals surface area contributed by atoms with E-state index in [1.807, 2.05) is 18.2 Å². The van der Waals surface area contributed by atoms with E-state index in [2.05, 4.69) is 0 Å². The highest BCUT2D eigenvalue weighted by Gasteiger charge is 2.17. The maximum atomic E-state index is 14.6. The molecule has 2 amide bonds. The largest absolute Gasteiger partial charge is 0.366 e. The van der Waals surface area contributed by atoms with Crippen LogP contribution in [-0.4, -0.2) is 12.3 Å². The van der Waals surface area contributed by atoms with E-state index in [0.717, 1.165) is 5.56 Å². The second-order valence-corrected chi connectivity index (χ2v) is 5.39. The van der Waals surface area contributed by atoms with Gasteiger partial charge in [0.15, 0.2) is 0 Å². The molecule has 0 bridgehead atoms. The Balaban J connectivity index is 2.05. The molecule has 0 aliphatic rings. The van der Waals surface area contributed by atoms with Gasteiger partial charge in [-0.25, -0.2) is 4.39 Å². The topological polar surface area (TPSA) is 63.4 Å². The number of benzene rings is 3. The van der Waals surface area contributed by atoms with Crippen LogP contribution < -0.4 is 10.6 Å². The van der Waals surface area contributed by atoms with Gasteiger partial charge in [-0.15, -0.1) is 0 Å². The van der Waals surface area contributed by atoms with E-state index in [1.54, 1.807) is 42.5 Å². The Labute approximate surface area is 144 Å². The molecule has 0 heterocycles. The van der Waals surface area contributed by atoms with Gasteiger partial charge in [0.25, 0.3) is 5.91 Å². The molecule has 5 heteroatoms. The molecule has 3 aromatic carbocycles. The van der Waals surface area contributed by atoms with Gasteiger partial charge in [-0.1, -0.05) is 42.5 Å². The first-order valence-corrected chi connectivity index (χ1v) is 7.60. The molecule has 4 nitrogen and oxygen atoms in total. The minimum Gasteiger partial charge on any atom is -0.366 e. The summed E-state index contributed by atoms with van der Waals surface area (Å²) in [5.74, 6) is -1.13. The summed E-state index contributed by atoms with van der Waals surface area (Å²) in [6.07, 6.45) is 0.527. The maximum Gasteiger partial charge on any atom is 0.250 e. The fourth-order valence-electron chi connectivity index (χ4n) is 2.65. The molecule has 0 fully saturated rings. The minimum absolute atomic E-state index is 0.183. The second kappa shape index (κ2) is 6.97. The molecule has 0 unspecified atom stereocenters. The van der Waals surface area contributed by atoms with E-state index in [9.17, 15) is 14.0 Å². The SMILES string of the molecule is NC(=O)c1ccccc1N(C=O)c1ccc(-c2ccccc2)c(F)c1. The summed E-state index contributed by atoms with van der Waals surface area (Å²) in [5, 5.41) is 0. The molecule has 0 spiro atoms. The van der Waals surface area contributed by atoms with Crippen molar-refractivity contribution in [1.82, 2.24) is 0 Å². The van der Waals surface area contributed by atoms with Crippen LogP contribution in [-0.2, 0) is 4.79 Å². The Morgan fingerprint density at radius 3 is 2.28 bits per heavy atom. The lowest BCUT2D eigenvalue weighted by Crippen LogP contribution is -2.20. The molecule has 0 atom stereocenters. The van der Waals surface area contributed by atoms with E-state index < -0.39 is 11.7 Å². The molecule has 3 rings (SSSR count). The van der Waals surface area contributed by atoms with E-state index >= 15 is 0 Å². The minimum atomic E-state index is -0.663. The van der Waals surface area contributed by atoms with Gasteiger partial charge >= 0.3 is 0 Å². The molecule has 25 heavy (non-hydrogen) atoms. The lowest BCUT2D eigenvalue weighted by molar-refractivity contribution is -0.106. The van der Waals surface area contributed by atoms with Gasteiger partial charge in [-0.05, 0) is 35.9 Å². The molecule has 2 N–H and O–H groups in total. The van der Waals surface area contributed by atoms with Gasteiger partial charge in [-0.2, -0.15) is 0 Å². The Hall–Kier alpha value is -3.47. The summed E-state index contributed by atoms with van der Waals surface area (Å²) in [5.41, 5.74) is 7.32. The average Bonchev–Trinajstić information content (AvgIpc) is 2.63. The van der Waals surface area contributed by atoms with E-state index in [0.29, 0.717) is 23.3 Å². The van der Waals surface area contributed by atoms with E-state index in [4.69, 9.17) is 5.73 Å². The third-order valence-electron chi connectivity index (χ3n) is 3.85. The van der Waals surface area contributed by atoms with Crippen LogP contribution in [0.25, 0.3) is 11.1 Å². The van der Waals surface area contributed by atoms with Crippen molar-refractivity contribution >= 4 is 23.7 Å². The summed E-state index contributed by atoms with van der Waals surface area (Å²) in [6.45, 7) is 0. The van der Waals surface area contributed by atoms with Crippen LogP contribution in [0.5, 0.6) is 0 Å². The van der Waals surface area contributed by atoms with Crippen molar-refractivity contribution in [2.45, 2.75) is 0 Å². The Morgan fingerprint density at radius 1 is 0.960 bits per heavy atom. The summed E-state index contributed by atoms with van der Waals surface area (Å²) in [4.78, 5) is 24.4. The lowest BCUT2D eigenvalue weighted by atomic mass is 10.0. The molecular weight excluding hydrogens is 319 g/mol. The summed E-state index contributed by atoms with van der Waals surface area (Å²) >= 11 is 0. The second-order valence-electron chi connectivity index (χ2n) is 5.39. The van der Waals surface area contributed by atoms with Crippen LogP contribution in [0.4, 0.5) is 15.8 Å². The quantitative estimate of drug-likeness (QED) is 0.720. The number of nitrogens with zero attached hydrogens (tertiary/aromatic N) is 1. The number of hydrogen-bond acceptors (Lipinski definition) is 2. The third kappa shape index (κ3) is 3.26. The number of para-hydroxylation sites is 1. The smallest absolute Gasteiger partial charge is 0.250 e. The number of primary amides is 1. The van der Waals surface area contributed by atoms with Crippen molar-refractivity contribution in [1.29, 1.82) is 0 Å². The van der Waals surface area contributed by atoms with Gasteiger partial charge in [-0.3, -0.25) is 14.5 Å². The first-order valence-electron chi connectivity index (χ1n) is 7.60. The zero-order valence-corrected chi connectivity index (χ0v) is 13.2. The summed E-state index contributed by atoms with van der Waals surface area (Å²) in [7, 11) is 0. The van der Waals surface area contributed by atoms with Gasteiger partial charge in [0.05, 0.1) is 16.9 Å².